The lowest BCUT2D eigenvalue weighted by Gasteiger charge is -2.29. The molecule has 0 aliphatic carbocycles. The number of carbonyl (C=O) groups is 1. The number of fused-ring (bicyclic) bond motifs is 2. The van der Waals surface area contributed by atoms with Gasteiger partial charge in [0.1, 0.15) is 48.0 Å². The molecule has 3 N–H and O–H groups in total. The van der Waals surface area contributed by atoms with Crippen LogP contribution in [0.5, 0.6) is 5.75 Å². The summed E-state index contributed by atoms with van der Waals surface area (Å²) in [5.74, 6) is -0.980. The van der Waals surface area contributed by atoms with Crippen LogP contribution in [0, 0.1) is 17.2 Å². The first-order chi connectivity index (χ1) is 21.4. The highest BCUT2D eigenvalue weighted by atomic mass is 31.2. The van der Waals surface area contributed by atoms with Gasteiger partial charge >= 0.3 is 13.7 Å². The molecule has 242 valence electrons. The van der Waals surface area contributed by atoms with Gasteiger partial charge in [-0.3, -0.25) is 9.32 Å². The van der Waals surface area contributed by atoms with Gasteiger partial charge in [0.15, 0.2) is 11.6 Å². The first kappa shape index (κ1) is 32.8. The second-order valence-electron chi connectivity index (χ2n) is 11.5. The average molecular weight is 643 g/mol. The molecule has 45 heavy (non-hydrogen) atoms. The molecule has 5 rings (SSSR count). The van der Waals surface area contributed by atoms with Crippen molar-refractivity contribution in [1.82, 2.24) is 19.7 Å². The Labute approximate surface area is 261 Å². The van der Waals surface area contributed by atoms with E-state index < -0.39 is 49.5 Å². The fourth-order valence-electron chi connectivity index (χ4n) is 5.49. The molecule has 0 bridgehead atoms. The largest absolute Gasteiger partial charge is 0.464 e. The number of para-hydroxylation sites is 1. The van der Waals surface area contributed by atoms with Crippen LogP contribution in [-0.2, 0) is 38.4 Å². The maximum Gasteiger partial charge on any atom is 0.459 e. The Bertz CT molecular complexity index is 1590. The number of carbonyl (C=O) groups excluding carboxylic acids is 1. The third-order valence-corrected chi connectivity index (χ3v) is 9.60. The molecule has 3 aromatic rings. The number of aromatic nitrogens is 3. The maximum absolute atomic E-state index is 14.2. The lowest BCUT2D eigenvalue weighted by Crippen LogP contribution is -2.40. The number of ether oxygens (including phenoxy) is 4. The molecule has 0 saturated carbocycles. The van der Waals surface area contributed by atoms with E-state index in [2.05, 4.69) is 21.2 Å². The quantitative estimate of drug-likeness (QED) is 0.201. The van der Waals surface area contributed by atoms with E-state index in [0.717, 1.165) is 12.8 Å². The minimum Gasteiger partial charge on any atom is -0.464 e. The van der Waals surface area contributed by atoms with Crippen molar-refractivity contribution < 1.29 is 37.4 Å². The van der Waals surface area contributed by atoms with Crippen LogP contribution in [-0.4, -0.2) is 63.9 Å². The highest BCUT2D eigenvalue weighted by Crippen LogP contribution is 2.51. The zero-order valence-electron chi connectivity index (χ0n) is 25.9. The van der Waals surface area contributed by atoms with E-state index in [1.807, 2.05) is 13.8 Å². The zero-order chi connectivity index (χ0) is 32.4. The van der Waals surface area contributed by atoms with Gasteiger partial charge in [-0.2, -0.15) is 15.4 Å². The van der Waals surface area contributed by atoms with E-state index in [-0.39, 0.29) is 30.7 Å². The second-order valence-corrected chi connectivity index (χ2v) is 13.2. The molecule has 6 atom stereocenters. The van der Waals surface area contributed by atoms with Gasteiger partial charge in [0.2, 0.25) is 5.60 Å². The Hall–Kier alpha value is -3.57. The number of hydrogen-bond acceptors (Lipinski definition) is 12. The molecule has 0 radical (unpaired) electrons. The number of nitrogens with one attached hydrogen (secondary N) is 1. The number of nitriles is 1. The van der Waals surface area contributed by atoms with Crippen molar-refractivity contribution >= 4 is 25.1 Å². The number of benzene rings is 1. The van der Waals surface area contributed by atoms with Gasteiger partial charge in [-0.05, 0) is 51.0 Å². The second kappa shape index (κ2) is 13.0. The first-order valence-electron chi connectivity index (χ1n) is 14.9. The van der Waals surface area contributed by atoms with E-state index in [4.69, 9.17) is 33.7 Å². The number of nitrogens with two attached hydrogens (primary N) is 1. The van der Waals surface area contributed by atoms with Crippen molar-refractivity contribution in [3.05, 3.63) is 54.5 Å². The van der Waals surface area contributed by atoms with E-state index in [9.17, 15) is 14.6 Å². The monoisotopic (exact) mass is 642 g/mol. The van der Waals surface area contributed by atoms with Crippen molar-refractivity contribution in [3.8, 4) is 11.8 Å². The predicted molar refractivity (Wildman–Crippen MR) is 162 cm³/mol. The average Bonchev–Trinajstić information content (AvgIpc) is 3.68. The van der Waals surface area contributed by atoms with Gasteiger partial charge < -0.3 is 29.2 Å². The summed E-state index contributed by atoms with van der Waals surface area (Å²) in [7, 11) is -4.24. The Balaban J connectivity index is 1.40. The van der Waals surface area contributed by atoms with Crippen LogP contribution < -0.4 is 15.3 Å². The fraction of sp³-hybridized carbons (Fsp3) is 0.533. The smallest absolute Gasteiger partial charge is 0.459 e. The Morgan fingerprint density at radius 3 is 2.60 bits per heavy atom. The molecule has 15 heteroatoms. The van der Waals surface area contributed by atoms with Gasteiger partial charge in [-0.25, -0.2) is 14.1 Å². The predicted octanol–water partition coefficient (Wildman–Crippen LogP) is 4.11. The molecule has 4 heterocycles. The lowest BCUT2D eigenvalue weighted by molar-refractivity contribution is -0.204. The Morgan fingerprint density at radius 2 is 1.91 bits per heavy atom. The highest BCUT2D eigenvalue weighted by Gasteiger charge is 2.65. The summed E-state index contributed by atoms with van der Waals surface area (Å²) in [6.07, 6.45) is 0.325. The number of hydrogen-bond donors (Lipinski definition) is 2. The summed E-state index contributed by atoms with van der Waals surface area (Å²) in [4.78, 5) is 16.9. The highest BCUT2D eigenvalue weighted by molar-refractivity contribution is 7.52. The molecular formula is C30H39N6O8P. The molecule has 0 spiro atoms. The Kier molecular flexibility index (Phi) is 9.51. The van der Waals surface area contributed by atoms with Crippen molar-refractivity contribution in [2.24, 2.45) is 5.92 Å². The topological polar surface area (TPSA) is 182 Å². The molecule has 1 aromatic carbocycles. The SMILES string of the molecule is CCC(CC)COC(=O)[C@H](C)N[P@@](=O)(OC[C@H]1O[C@](C#N)(c2ccc3c(N)ncnn23)[C@@H]2OC(C)(C)O[C@@H]21)Oc1ccccc1. The van der Waals surface area contributed by atoms with Gasteiger partial charge in [0.05, 0.1) is 18.9 Å². The van der Waals surface area contributed by atoms with Crippen molar-refractivity contribution in [3.63, 3.8) is 0 Å². The van der Waals surface area contributed by atoms with Gasteiger partial charge in [0.25, 0.3) is 0 Å². The number of rotatable bonds is 13. The van der Waals surface area contributed by atoms with E-state index in [1.165, 1.54) is 17.8 Å². The summed E-state index contributed by atoms with van der Waals surface area (Å²) in [5, 5.41) is 17.6. The molecule has 2 aliphatic rings. The molecule has 2 saturated heterocycles. The van der Waals surface area contributed by atoms with Crippen molar-refractivity contribution in [2.45, 2.75) is 83.2 Å². The van der Waals surface area contributed by atoms with Gasteiger partial charge in [0, 0.05) is 0 Å². The zero-order valence-corrected chi connectivity index (χ0v) is 26.8. The van der Waals surface area contributed by atoms with Crippen LogP contribution in [0.4, 0.5) is 5.82 Å². The minimum atomic E-state index is -4.24. The fourth-order valence-corrected chi connectivity index (χ4v) is 6.99. The van der Waals surface area contributed by atoms with E-state index in [1.54, 1.807) is 56.3 Å². The third-order valence-electron chi connectivity index (χ3n) is 7.96. The number of nitrogens with zero attached hydrogens (tertiary/aromatic N) is 4. The maximum atomic E-state index is 14.2. The molecule has 2 aromatic heterocycles. The van der Waals surface area contributed by atoms with Crippen LogP contribution in [0.2, 0.25) is 0 Å². The molecule has 14 nitrogen and oxygen atoms in total. The van der Waals surface area contributed by atoms with Crippen molar-refractivity contribution in [1.29, 1.82) is 5.26 Å². The summed E-state index contributed by atoms with van der Waals surface area (Å²) in [5.41, 5.74) is 5.17. The van der Waals surface area contributed by atoms with Crippen LogP contribution in [0.15, 0.2) is 48.8 Å². The number of anilines is 1. The minimum absolute atomic E-state index is 0.219. The van der Waals surface area contributed by atoms with Crippen LogP contribution >= 0.6 is 7.75 Å². The summed E-state index contributed by atoms with van der Waals surface area (Å²) < 4.78 is 51.7. The van der Waals surface area contributed by atoms with Crippen LogP contribution in [0.25, 0.3) is 5.52 Å². The van der Waals surface area contributed by atoms with Gasteiger partial charge in [-0.15, -0.1) is 0 Å². The van der Waals surface area contributed by atoms with Crippen LogP contribution in [0.1, 0.15) is 53.2 Å². The molecule has 0 amide bonds. The number of nitrogen functional groups attached to an aromatic ring is 1. The normalized spacial score (nSPS) is 25.8. The summed E-state index contributed by atoms with van der Waals surface area (Å²) >= 11 is 0. The van der Waals surface area contributed by atoms with E-state index >= 15 is 0 Å². The third kappa shape index (κ3) is 6.70. The summed E-state index contributed by atoms with van der Waals surface area (Å²) in [6, 6.07) is 13.0. The molecule has 0 unspecified atom stereocenters. The Morgan fingerprint density at radius 1 is 1.18 bits per heavy atom. The number of esters is 1. The van der Waals surface area contributed by atoms with Crippen molar-refractivity contribution in [2.75, 3.05) is 18.9 Å². The van der Waals surface area contributed by atoms with Gasteiger partial charge in [-0.1, -0.05) is 44.9 Å². The van der Waals surface area contributed by atoms with Crippen LogP contribution in [0.3, 0.4) is 0 Å². The first-order valence-corrected chi connectivity index (χ1v) is 16.5. The van der Waals surface area contributed by atoms with E-state index in [0.29, 0.717) is 11.2 Å². The molecular weight excluding hydrogens is 603 g/mol. The standard InChI is InChI=1S/C30H39N6O8P/c1-6-20(7-2)15-39-28(37)19(3)35-45(38,44-21-11-9-8-10-12-21)40-16-23-25-26(43-29(4,5)42-25)30(17-31,41-23)24-14-13-22-27(32)33-18-34-36(22)24/h8-14,18-20,23,25-26H,6-7,15-16H2,1-5H3,(H,35,38)(H2,32,33,34)/t19-,23+,25+,26+,30+,45+/m0/s1. The molecule has 2 aliphatic heterocycles. The summed E-state index contributed by atoms with van der Waals surface area (Å²) in [6.45, 7) is 8.91. The molecule has 2 fully saturated rings. The lowest BCUT2D eigenvalue weighted by atomic mass is 9.92.